The molecule has 4 rings (SSSR count). The van der Waals surface area contributed by atoms with Gasteiger partial charge in [-0.1, -0.05) is 29.7 Å². The van der Waals surface area contributed by atoms with Crippen LogP contribution in [0, 0.1) is 0 Å². The van der Waals surface area contributed by atoms with Gasteiger partial charge in [-0.2, -0.15) is 4.98 Å². The summed E-state index contributed by atoms with van der Waals surface area (Å²) in [5, 5.41) is 5.75. The van der Waals surface area contributed by atoms with Crippen LogP contribution in [0.25, 0.3) is 11.1 Å². The fourth-order valence-corrected chi connectivity index (χ4v) is 2.89. The van der Waals surface area contributed by atoms with Gasteiger partial charge in [0.25, 0.3) is 11.9 Å². The number of aromatic nitrogens is 2. The number of carbonyl (C=O) groups excluding carboxylic acids is 1. The molecule has 2 heterocycles. The highest BCUT2D eigenvalue weighted by Gasteiger charge is 2.10. The van der Waals surface area contributed by atoms with Crippen molar-refractivity contribution >= 4 is 36.3 Å². The maximum atomic E-state index is 11.7. The average molecular weight is 386 g/mol. The van der Waals surface area contributed by atoms with E-state index in [4.69, 9.17) is 9.15 Å². The van der Waals surface area contributed by atoms with Gasteiger partial charge in [0.05, 0.1) is 0 Å². The molecular formula is C21H19BN4O3. The predicted molar refractivity (Wildman–Crippen MR) is 114 cm³/mol. The van der Waals surface area contributed by atoms with E-state index in [1.807, 2.05) is 18.2 Å². The molecule has 0 aliphatic heterocycles. The second-order valence-electron chi connectivity index (χ2n) is 6.49. The van der Waals surface area contributed by atoms with Gasteiger partial charge in [0.2, 0.25) is 0 Å². The highest BCUT2D eigenvalue weighted by molar-refractivity contribution is 6.33. The topological polar surface area (TPSA) is 89.3 Å². The first-order valence-electron chi connectivity index (χ1n) is 9.17. The molecule has 0 atom stereocenters. The Kier molecular flexibility index (Phi) is 5.15. The summed E-state index contributed by atoms with van der Waals surface area (Å²) < 4.78 is 11.7. The van der Waals surface area contributed by atoms with Crippen LogP contribution in [0.15, 0.2) is 65.2 Å². The van der Waals surface area contributed by atoms with Gasteiger partial charge in [-0.15, -0.1) is 0 Å². The van der Waals surface area contributed by atoms with E-state index in [-0.39, 0.29) is 11.6 Å². The lowest BCUT2D eigenvalue weighted by atomic mass is 9.91. The van der Waals surface area contributed by atoms with Crippen molar-refractivity contribution in [3.8, 4) is 11.5 Å². The molecule has 0 aliphatic carbocycles. The summed E-state index contributed by atoms with van der Waals surface area (Å²) in [4.78, 5) is 20.2. The Hall–Kier alpha value is -3.81. The molecule has 0 radical (unpaired) electrons. The SMILES string of the molecule is Bc1ccccc1CNc1nc2ccc(Oc3ccnc(C(=O)NC)c3)cc2o1. The number of nitrogens with one attached hydrogen (secondary N) is 2. The highest BCUT2D eigenvalue weighted by Crippen LogP contribution is 2.27. The molecule has 0 spiro atoms. The Morgan fingerprint density at radius 2 is 1.97 bits per heavy atom. The maximum absolute atomic E-state index is 11.7. The Morgan fingerprint density at radius 1 is 1.14 bits per heavy atom. The molecule has 0 fully saturated rings. The lowest BCUT2D eigenvalue weighted by Gasteiger charge is -2.06. The molecule has 144 valence electrons. The van der Waals surface area contributed by atoms with Crippen LogP contribution in [-0.4, -0.2) is 30.8 Å². The fraction of sp³-hybridized carbons (Fsp3) is 0.0952. The third-order valence-electron chi connectivity index (χ3n) is 4.48. The van der Waals surface area contributed by atoms with Crippen molar-refractivity contribution in [3.05, 3.63) is 72.1 Å². The van der Waals surface area contributed by atoms with Crippen LogP contribution in [0.5, 0.6) is 11.5 Å². The van der Waals surface area contributed by atoms with Gasteiger partial charge >= 0.3 is 0 Å². The molecule has 2 aromatic heterocycles. The van der Waals surface area contributed by atoms with Crippen LogP contribution in [0.4, 0.5) is 6.01 Å². The number of carbonyl (C=O) groups is 1. The largest absolute Gasteiger partial charge is 0.457 e. The number of ether oxygens (including phenoxy) is 1. The smallest absolute Gasteiger partial charge is 0.295 e. The number of hydrogen-bond donors (Lipinski definition) is 2. The molecule has 1 amide bonds. The van der Waals surface area contributed by atoms with Gasteiger partial charge < -0.3 is 19.8 Å². The Bertz CT molecular complexity index is 1180. The minimum absolute atomic E-state index is 0.273. The van der Waals surface area contributed by atoms with E-state index in [2.05, 4.69) is 40.6 Å². The summed E-state index contributed by atoms with van der Waals surface area (Å²) in [6.45, 7) is 0.627. The number of oxazole rings is 1. The van der Waals surface area contributed by atoms with Gasteiger partial charge in [0.15, 0.2) is 5.58 Å². The van der Waals surface area contributed by atoms with E-state index in [9.17, 15) is 4.79 Å². The van der Waals surface area contributed by atoms with Crippen molar-refractivity contribution in [2.75, 3.05) is 12.4 Å². The Morgan fingerprint density at radius 3 is 2.79 bits per heavy atom. The summed E-state index contributed by atoms with van der Waals surface area (Å²) in [6, 6.07) is 17.3. The summed E-state index contributed by atoms with van der Waals surface area (Å²) in [6.07, 6.45) is 1.53. The number of nitrogens with zero attached hydrogens (tertiary/aromatic N) is 2. The van der Waals surface area contributed by atoms with Gasteiger partial charge in [0.1, 0.15) is 30.6 Å². The number of anilines is 1. The lowest BCUT2D eigenvalue weighted by Crippen LogP contribution is -2.18. The van der Waals surface area contributed by atoms with Crippen LogP contribution >= 0.6 is 0 Å². The first-order chi connectivity index (χ1) is 14.1. The van der Waals surface area contributed by atoms with Crippen LogP contribution in [0.2, 0.25) is 0 Å². The van der Waals surface area contributed by atoms with Crippen molar-refractivity contribution in [1.82, 2.24) is 15.3 Å². The van der Waals surface area contributed by atoms with Gasteiger partial charge in [0, 0.05) is 31.9 Å². The van der Waals surface area contributed by atoms with E-state index in [0.717, 1.165) is 5.52 Å². The minimum atomic E-state index is -0.273. The molecule has 7 nitrogen and oxygen atoms in total. The maximum Gasteiger partial charge on any atom is 0.295 e. The zero-order valence-electron chi connectivity index (χ0n) is 16.1. The number of rotatable bonds is 6. The van der Waals surface area contributed by atoms with Gasteiger partial charge in [-0.25, -0.2) is 0 Å². The quantitative estimate of drug-likeness (QED) is 0.494. The van der Waals surface area contributed by atoms with Crippen LogP contribution in [-0.2, 0) is 6.54 Å². The summed E-state index contributed by atoms with van der Waals surface area (Å²) in [7, 11) is 3.63. The minimum Gasteiger partial charge on any atom is -0.457 e. The molecule has 0 aliphatic rings. The number of fused-ring (bicyclic) bond motifs is 1. The van der Waals surface area contributed by atoms with E-state index < -0.39 is 0 Å². The predicted octanol–water partition coefficient (Wildman–Crippen LogP) is 2.25. The molecule has 29 heavy (non-hydrogen) atoms. The zero-order chi connectivity index (χ0) is 20.2. The first-order valence-corrected chi connectivity index (χ1v) is 9.17. The van der Waals surface area contributed by atoms with E-state index in [1.165, 1.54) is 17.2 Å². The molecule has 8 heteroatoms. The molecule has 0 bridgehead atoms. The van der Waals surface area contributed by atoms with E-state index in [1.54, 1.807) is 31.3 Å². The van der Waals surface area contributed by atoms with Gasteiger partial charge in [-0.3, -0.25) is 9.78 Å². The molecule has 0 saturated carbocycles. The number of pyridine rings is 1. The lowest BCUT2D eigenvalue weighted by molar-refractivity contribution is 0.0958. The molecule has 2 N–H and O–H groups in total. The monoisotopic (exact) mass is 386 g/mol. The third-order valence-corrected chi connectivity index (χ3v) is 4.48. The number of benzene rings is 2. The van der Waals surface area contributed by atoms with Crippen molar-refractivity contribution < 1.29 is 13.9 Å². The van der Waals surface area contributed by atoms with Crippen LogP contribution in [0.3, 0.4) is 0 Å². The van der Waals surface area contributed by atoms with Gasteiger partial charge in [-0.05, 0) is 23.8 Å². The Labute approximate surface area is 168 Å². The van der Waals surface area contributed by atoms with E-state index in [0.29, 0.717) is 29.6 Å². The molecule has 0 unspecified atom stereocenters. The van der Waals surface area contributed by atoms with Crippen molar-refractivity contribution in [1.29, 1.82) is 0 Å². The summed E-state index contributed by atoms with van der Waals surface area (Å²) in [5.41, 5.74) is 4.01. The fourth-order valence-electron chi connectivity index (χ4n) is 2.89. The zero-order valence-corrected chi connectivity index (χ0v) is 16.1. The molecule has 0 saturated heterocycles. The third kappa shape index (κ3) is 4.21. The van der Waals surface area contributed by atoms with Crippen LogP contribution in [0.1, 0.15) is 16.1 Å². The molecular weight excluding hydrogens is 367 g/mol. The number of hydrogen-bond acceptors (Lipinski definition) is 6. The van der Waals surface area contributed by atoms with Crippen molar-refractivity contribution in [3.63, 3.8) is 0 Å². The molecule has 4 aromatic rings. The highest BCUT2D eigenvalue weighted by atomic mass is 16.5. The van der Waals surface area contributed by atoms with E-state index >= 15 is 0 Å². The Balaban J connectivity index is 1.50. The van der Waals surface area contributed by atoms with Crippen molar-refractivity contribution in [2.24, 2.45) is 0 Å². The second-order valence-corrected chi connectivity index (χ2v) is 6.49. The molecule has 2 aromatic carbocycles. The summed E-state index contributed by atoms with van der Waals surface area (Å²) in [5.74, 6) is 0.814. The standard InChI is InChI=1S/C21H19BN4O3/c1-23-20(27)18-10-15(8-9-24-18)28-14-6-7-17-19(11-14)29-21(26-17)25-12-13-4-2-3-5-16(13)22/h2-11H,12,22H2,1H3,(H,23,27)(H,25,26). The van der Waals surface area contributed by atoms with Crippen LogP contribution < -0.4 is 20.8 Å². The van der Waals surface area contributed by atoms with Crippen molar-refractivity contribution in [2.45, 2.75) is 6.54 Å². The number of amides is 1. The first kappa shape index (κ1) is 18.6. The average Bonchev–Trinajstić information content (AvgIpc) is 3.15. The second kappa shape index (κ2) is 8.06. The normalized spacial score (nSPS) is 10.7. The summed E-state index contributed by atoms with van der Waals surface area (Å²) >= 11 is 0.